The van der Waals surface area contributed by atoms with Crippen molar-refractivity contribution >= 4 is 17.3 Å². The molecule has 0 bridgehead atoms. The molecule has 0 amide bonds. The Labute approximate surface area is 122 Å². The number of aromatic carboxylic acids is 1. The minimum Gasteiger partial charge on any atom is -0.478 e. The smallest absolute Gasteiger partial charge is 0.337 e. The van der Waals surface area contributed by atoms with Gasteiger partial charge in [-0.25, -0.2) is 4.79 Å². The van der Waals surface area contributed by atoms with Crippen LogP contribution in [0.5, 0.6) is 0 Å². The standard InChI is InChI=1S/C14H19N3O4/c1-15(2)9-11-4-3-7-16(11)13-8-10(17(20)21)5-6-12(13)14(18)19/h5-6,8,11H,3-4,7,9H2,1-2H3,(H,18,19). The number of likely N-dealkylation sites (N-methyl/N-ethyl adjacent to an activating group) is 1. The minimum absolute atomic E-state index is 0.0782. The lowest BCUT2D eigenvalue weighted by Gasteiger charge is -2.29. The van der Waals surface area contributed by atoms with E-state index in [4.69, 9.17) is 0 Å². The first-order valence-corrected chi connectivity index (χ1v) is 6.83. The number of nitro benzene ring substituents is 1. The van der Waals surface area contributed by atoms with E-state index in [1.807, 2.05) is 23.9 Å². The van der Waals surface area contributed by atoms with Crippen LogP contribution < -0.4 is 4.90 Å². The molecular formula is C14H19N3O4. The van der Waals surface area contributed by atoms with Gasteiger partial charge in [-0.05, 0) is 33.0 Å². The molecule has 1 fully saturated rings. The fourth-order valence-corrected chi connectivity index (χ4v) is 2.82. The Morgan fingerprint density at radius 3 is 2.81 bits per heavy atom. The van der Waals surface area contributed by atoms with Gasteiger partial charge < -0.3 is 14.9 Å². The third kappa shape index (κ3) is 3.30. The van der Waals surface area contributed by atoms with Crippen LogP contribution in [0.4, 0.5) is 11.4 Å². The van der Waals surface area contributed by atoms with Crippen molar-refractivity contribution in [3.8, 4) is 0 Å². The molecule has 21 heavy (non-hydrogen) atoms. The average Bonchev–Trinajstić information content (AvgIpc) is 2.84. The van der Waals surface area contributed by atoms with Gasteiger partial charge >= 0.3 is 5.97 Å². The molecule has 1 saturated heterocycles. The zero-order chi connectivity index (χ0) is 15.6. The molecule has 1 N–H and O–H groups in total. The van der Waals surface area contributed by atoms with Gasteiger partial charge in [-0.2, -0.15) is 0 Å². The van der Waals surface area contributed by atoms with E-state index in [0.29, 0.717) is 5.69 Å². The van der Waals surface area contributed by atoms with Gasteiger partial charge in [0.05, 0.1) is 16.2 Å². The zero-order valence-electron chi connectivity index (χ0n) is 12.2. The molecule has 0 aromatic heterocycles. The maximum Gasteiger partial charge on any atom is 0.337 e. The number of anilines is 1. The topological polar surface area (TPSA) is 86.9 Å². The highest BCUT2D eigenvalue weighted by atomic mass is 16.6. The number of carboxylic acid groups (broad SMARTS) is 1. The van der Waals surface area contributed by atoms with Crippen LogP contribution in [-0.4, -0.2) is 54.1 Å². The van der Waals surface area contributed by atoms with Crippen LogP contribution in [0.15, 0.2) is 18.2 Å². The molecule has 7 nitrogen and oxygen atoms in total. The number of carbonyl (C=O) groups is 1. The first kappa shape index (κ1) is 15.2. The van der Waals surface area contributed by atoms with Crippen molar-refractivity contribution in [3.05, 3.63) is 33.9 Å². The number of nitro groups is 1. The van der Waals surface area contributed by atoms with E-state index < -0.39 is 10.9 Å². The number of rotatable bonds is 5. The Kier molecular flexibility index (Phi) is 4.42. The highest BCUT2D eigenvalue weighted by molar-refractivity contribution is 5.95. The van der Waals surface area contributed by atoms with Gasteiger partial charge in [0.15, 0.2) is 0 Å². The fraction of sp³-hybridized carbons (Fsp3) is 0.500. The Morgan fingerprint density at radius 1 is 1.52 bits per heavy atom. The summed E-state index contributed by atoms with van der Waals surface area (Å²) in [5.41, 5.74) is 0.484. The quantitative estimate of drug-likeness (QED) is 0.658. The lowest BCUT2D eigenvalue weighted by Crippen LogP contribution is -2.38. The Balaban J connectivity index is 2.41. The van der Waals surface area contributed by atoms with E-state index >= 15 is 0 Å². The molecule has 0 saturated carbocycles. The lowest BCUT2D eigenvalue weighted by atomic mass is 10.1. The predicted octanol–water partition coefficient (Wildman–Crippen LogP) is 1.82. The van der Waals surface area contributed by atoms with E-state index in [1.54, 1.807) is 0 Å². The van der Waals surface area contributed by atoms with Crippen LogP contribution in [0, 0.1) is 10.1 Å². The number of hydrogen-bond donors (Lipinski definition) is 1. The van der Waals surface area contributed by atoms with Crippen LogP contribution in [0.25, 0.3) is 0 Å². The molecule has 1 aromatic carbocycles. The Morgan fingerprint density at radius 2 is 2.24 bits per heavy atom. The van der Waals surface area contributed by atoms with Gasteiger partial charge in [0.2, 0.25) is 0 Å². The highest BCUT2D eigenvalue weighted by Crippen LogP contribution is 2.32. The maximum absolute atomic E-state index is 11.4. The third-order valence-corrected chi connectivity index (χ3v) is 3.69. The van der Waals surface area contributed by atoms with Crippen molar-refractivity contribution in [2.75, 3.05) is 32.1 Å². The van der Waals surface area contributed by atoms with Crippen LogP contribution in [-0.2, 0) is 0 Å². The van der Waals surface area contributed by atoms with E-state index in [0.717, 1.165) is 25.9 Å². The fourth-order valence-electron chi connectivity index (χ4n) is 2.82. The monoisotopic (exact) mass is 293 g/mol. The van der Waals surface area contributed by atoms with E-state index in [2.05, 4.69) is 0 Å². The lowest BCUT2D eigenvalue weighted by molar-refractivity contribution is -0.384. The van der Waals surface area contributed by atoms with Crippen LogP contribution in [0.3, 0.4) is 0 Å². The number of nitrogens with zero attached hydrogens (tertiary/aromatic N) is 3. The molecular weight excluding hydrogens is 274 g/mol. The molecule has 0 spiro atoms. The van der Waals surface area contributed by atoms with E-state index in [-0.39, 0.29) is 17.3 Å². The summed E-state index contributed by atoms with van der Waals surface area (Å²) in [6.45, 7) is 1.52. The second-order valence-corrected chi connectivity index (χ2v) is 5.52. The van der Waals surface area contributed by atoms with E-state index in [9.17, 15) is 20.0 Å². The summed E-state index contributed by atoms with van der Waals surface area (Å²) in [6, 6.07) is 4.11. The van der Waals surface area contributed by atoms with Gasteiger partial charge in [0, 0.05) is 31.3 Å². The summed E-state index contributed by atoms with van der Waals surface area (Å²) < 4.78 is 0. The molecule has 7 heteroatoms. The summed E-state index contributed by atoms with van der Waals surface area (Å²) in [4.78, 5) is 25.9. The van der Waals surface area contributed by atoms with Gasteiger partial charge in [0.1, 0.15) is 0 Å². The van der Waals surface area contributed by atoms with Gasteiger partial charge in [-0.15, -0.1) is 0 Å². The van der Waals surface area contributed by atoms with Crippen molar-refractivity contribution < 1.29 is 14.8 Å². The van der Waals surface area contributed by atoms with Gasteiger partial charge in [0.25, 0.3) is 5.69 Å². The minimum atomic E-state index is -1.06. The van der Waals surface area contributed by atoms with Crippen LogP contribution in [0.1, 0.15) is 23.2 Å². The van der Waals surface area contributed by atoms with E-state index in [1.165, 1.54) is 18.2 Å². The van der Waals surface area contributed by atoms with Gasteiger partial charge in [-0.3, -0.25) is 10.1 Å². The maximum atomic E-state index is 11.4. The molecule has 1 aliphatic rings. The zero-order valence-corrected chi connectivity index (χ0v) is 12.2. The first-order chi connectivity index (χ1) is 9.90. The predicted molar refractivity (Wildman–Crippen MR) is 79.0 cm³/mol. The molecule has 114 valence electrons. The second-order valence-electron chi connectivity index (χ2n) is 5.52. The Bertz CT molecular complexity index is 559. The Hall–Kier alpha value is -2.15. The number of non-ortho nitro benzene ring substituents is 1. The van der Waals surface area contributed by atoms with Crippen LogP contribution in [0.2, 0.25) is 0 Å². The van der Waals surface area contributed by atoms with Gasteiger partial charge in [-0.1, -0.05) is 0 Å². The molecule has 2 rings (SSSR count). The highest BCUT2D eigenvalue weighted by Gasteiger charge is 2.29. The summed E-state index contributed by atoms with van der Waals surface area (Å²) in [7, 11) is 3.92. The second kappa shape index (κ2) is 6.09. The summed E-state index contributed by atoms with van der Waals surface area (Å²) >= 11 is 0. The summed E-state index contributed by atoms with van der Waals surface area (Å²) in [5.74, 6) is -1.06. The van der Waals surface area contributed by atoms with Crippen molar-refractivity contribution in [2.45, 2.75) is 18.9 Å². The number of benzene rings is 1. The van der Waals surface area contributed by atoms with Crippen molar-refractivity contribution in [2.24, 2.45) is 0 Å². The normalized spacial score (nSPS) is 18.2. The first-order valence-electron chi connectivity index (χ1n) is 6.83. The molecule has 0 radical (unpaired) electrons. The average molecular weight is 293 g/mol. The van der Waals surface area contributed by atoms with Crippen molar-refractivity contribution in [3.63, 3.8) is 0 Å². The molecule has 1 heterocycles. The molecule has 1 atom stereocenters. The SMILES string of the molecule is CN(C)CC1CCCN1c1cc([N+](=O)[O-])ccc1C(=O)O. The summed E-state index contributed by atoms with van der Waals surface area (Å²) in [5, 5.41) is 20.3. The largest absolute Gasteiger partial charge is 0.478 e. The van der Waals surface area contributed by atoms with Crippen LogP contribution >= 0.6 is 0 Å². The molecule has 1 unspecified atom stereocenters. The number of carboxylic acids is 1. The van der Waals surface area contributed by atoms with Crippen molar-refractivity contribution in [1.82, 2.24) is 4.90 Å². The third-order valence-electron chi connectivity index (χ3n) is 3.69. The van der Waals surface area contributed by atoms with Crippen molar-refractivity contribution in [1.29, 1.82) is 0 Å². The molecule has 1 aliphatic heterocycles. The molecule has 1 aromatic rings. The summed E-state index contributed by atoms with van der Waals surface area (Å²) in [6.07, 6.45) is 1.92. The number of hydrogen-bond acceptors (Lipinski definition) is 5. The molecule has 0 aliphatic carbocycles.